The number of hydrogen-bond donors (Lipinski definition) is 2. The number of nitrogens with one attached hydrogen (secondary N) is 1. The summed E-state index contributed by atoms with van der Waals surface area (Å²) in [6.45, 7) is 0.174. The molecule has 1 aliphatic rings. The number of halogens is 2. The van der Waals surface area contributed by atoms with Crippen LogP contribution in [0.25, 0.3) is 0 Å². The largest absolute Gasteiger partial charge is 0.508 e. The first kappa shape index (κ1) is 19.6. The van der Waals surface area contributed by atoms with Crippen LogP contribution in [0.4, 0.5) is 8.78 Å². The molecule has 5 nitrogen and oxygen atoms in total. The average molecular weight is 408 g/mol. The van der Waals surface area contributed by atoms with E-state index >= 15 is 0 Å². The lowest BCUT2D eigenvalue weighted by atomic mass is 10.0. The molecule has 0 saturated heterocycles. The van der Waals surface area contributed by atoms with E-state index in [0.717, 1.165) is 17.7 Å². The van der Waals surface area contributed by atoms with Gasteiger partial charge in [-0.2, -0.15) is 0 Å². The maximum absolute atomic E-state index is 13.6. The van der Waals surface area contributed by atoms with E-state index < -0.39 is 17.7 Å². The number of amides is 2. The smallest absolute Gasteiger partial charge is 0.255 e. The van der Waals surface area contributed by atoms with Crippen LogP contribution >= 0.6 is 0 Å². The summed E-state index contributed by atoms with van der Waals surface area (Å²) in [6.07, 6.45) is 0. The second kappa shape index (κ2) is 7.94. The van der Waals surface area contributed by atoms with Gasteiger partial charge in [-0.25, -0.2) is 8.78 Å². The monoisotopic (exact) mass is 408 g/mol. The lowest BCUT2D eigenvalue weighted by molar-refractivity contribution is -0.125. The summed E-state index contributed by atoms with van der Waals surface area (Å²) >= 11 is 0. The highest BCUT2D eigenvalue weighted by Crippen LogP contribution is 2.35. The summed E-state index contributed by atoms with van der Waals surface area (Å²) in [5.41, 5.74) is 2.13. The average Bonchev–Trinajstić information content (AvgIpc) is 3.02. The Morgan fingerprint density at radius 2 is 1.67 bits per heavy atom. The van der Waals surface area contributed by atoms with Crippen molar-refractivity contribution < 1.29 is 23.5 Å². The number of benzene rings is 3. The third-order valence-electron chi connectivity index (χ3n) is 5.05. The molecule has 0 spiro atoms. The highest BCUT2D eigenvalue weighted by atomic mass is 19.2. The SMILES string of the molecule is O=C(NCc1ccc(O)cc1)C1c2ccccc2C(=O)N1Cc1ccc(F)c(F)c1. The van der Waals surface area contributed by atoms with Crippen LogP contribution in [0.1, 0.15) is 33.1 Å². The van der Waals surface area contributed by atoms with Crippen molar-refractivity contribution in [2.24, 2.45) is 0 Å². The van der Waals surface area contributed by atoms with E-state index in [4.69, 9.17) is 0 Å². The highest BCUT2D eigenvalue weighted by molar-refractivity contribution is 6.04. The molecule has 1 heterocycles. The molecule has 0 aromatic heterocycles. The van der Waals surface area contributed by atoms with Gasteiger partial charge in [0.2, 0.25) is 5.91 Å². The fraction of sp³-hybridized carbons (Fsp3) is 0.130. The molecule has 2 amide bonds. The summed E-state index contributed by atoms with van der Waals surface area (Å²) in [7, 11) is 0. The Kier molecular flexibility index (Phi) is 5.18. The van der Waals surface area contributed by atoms with E-state index in [1.54, 1.807) is 36.4 Å². The fourth-order valence-electron chi connectivity index (χ4n) is 3.55. The molecule has 1 atom stereocenters. The van der Waals surface area contributed by atoms with Crippen LogP contribution in [-0.4, -0.2) is 21.8 Å². The first-order valence-electron chi connectivity index (χ1n) is 9.33. The topological polar surface area (TPSA) is 69.6 Å². The quantitative estimate of drug-likeness (QED) is 0.677. The molecule has 152 valence electrons. The maximum atomic E-state index is 13.6. The van der Waals surface area contributed by atoms with Crippen molar-refractivity contribution in [3.05, 3.63) is 101 Å². The summed E-state index contributed by atoms with van der Waals surface area (Å²) in [5.74, 6) is -2.59. The fourth-order valence-corrected chi connectivity index (χ4v) is 3.55. The van der Waals surface area contributed by atoms with Gasteiger partial charge in [0.25, 0.3) is 5.91 Å². The van der Waals surface area contributed by atoms with Crippen molar-refractivity contribution >= 4 is 11.8 Å². The summed E-state index contributed by atoms with van der Waals surface area (Å²) < 4.78 is 26.9. The molecule has 0 saturated carbocycles. The van der Waals surface area contributed by atoms with Crippen molar-refractivity contribution in [2.75, 3.05) is 0 Å². The molecule has 7 heteroatoms. The van der Waals surface area contributed by atoms with Crippen molar-refractivity contribution in [1.82, 2.24) is 10.2 Å². The van der Waals surface area contributed by atoms with Gasteiger partial charge in [-0.3, -0.25) is 9.59 Å². The van der Waals surface area contributed by atoms with Crippen molar-refractivity contribution in [3.8, 4) is 5.75 Å². The van der Waals surface area contributed by atoms with Gasteiger partial charge in [-0.05, 0) is 47.0 Å². The molecule has 0 bridgehead atoms. The van der Waals surface area contributed by atoms with Gasteiger partial charge in [0, 0.05) is 18.7 Å². The van der Waals surface area contributed by atoms with Gasteiger partial charge >= 0.3 is 0 Å². The minimum atomic E-state index is -1.01. The zero-order valence-electron chi connectivity index (χ0n) is 15.8. The highest BCUT2D eigenvalue weighted by Gasteiger charge is 2.40. The molecule has 30 heavy (non-hydrogen) atoms. The Hall–Kier alpha value is -3.74. The predicted molar refractivity (Wildman–Crippen MR) is 105 cm³/mol. The number of phenols is 1. The number of fused-ring (bicyclic) bond motifs is 1. The first-order valence-corrected chi connectivity index (χ1v) is 9.33. The maximum Gasteiger partial charge on any atom is 0.255 e. The number of carbonyl (C=O) groups excluding carboxylic acids is 2. The standard InChI is InChI=1S/C23H18F2N2O3/c24-19-10-7-15(11-20(19)25)13-27-21(17-3-1-2-4-18(17)23(27)30)22(29)26-12-14-5-8-16(28)9-6-14/h1-11,21,28H,12-13H2,(H,26,29). The van der Waals surface area contributed by atoms with Crippen LogP contribution in [0.3, 0.4) is 0 Å². The molecule has 1 aliphatic heterocycles. The van der Waals surface area contributed by atoms with E-state index in [-0.39, 0.29) is 30.7 Å². The molecule has 0 radical (unpaired) electrons. The van der Waals surface area contributed by atoms with Crippen LogP contribution in [0.2, 0.25) is 0 Å². The van der Waals surface area contributed by atoms with Crippen LogP contribution in [0.15, 0.2) is 66.7 Å². The van der Waals surface area contributed by atoms with Crippen molar-refractivity contribution in [1.29, 1.82) is 0 Å². The van der Waals surface area contributed by atoms with Gasteiger partial charge in [0.15, 0.2) is 11.6 Å². The second-order valence-corrected chi connectivity index (χ2v) is 7.06. The first-order chi connectivity index (χ1) is 14.4. The van der Waals surface area contributed by atoms with Gasteiger partial charge in [0.1, 0.15) is 11.8 Å². The molecule has 0 aliphatic carbocycles. The lowest BCUT2D eigenvalue weighted by Gasteiger charge is -2.25. The molecule has 1 unspecified atom stereocenters. The normalized spacial score (nSPS) is 15.2. The van der Waals surface area contributed by atoms with Gasteiger partial charge in [-0.1, -0.05) is 36.4 Å². The van der Waals surface area contributed by atoms with Gasteiger partial charge in [-0.15, -0.1) is 0 Å². The van der Waals surface area contributed by atoms with E-state index in [0.29, 0.717) is 16.7 Å². The van der Waals surface area contributed by atoms with Crippen LogP contribution < -0.4 is 5.32 Å². The Morgan fingerprint density at radius 3 is 2.40 bits per heavy atom. The number of phenolic OH excluding ortho intramolecular Hbond substituents is 1. The Balaban J connectivity index is 1.59. The summed E-state index contributed by atoms with van der Waals surface area (Å²) in [4.78, 5) is 27.3. The van der Waals surface area contributed by atoms with Crippen LogP contribution in [0.5, 0.6) is 5.75 Å². The molecular formula is C23H18F2N2O3. The Bertz CT molecular complexity index is 1120. The molecular weight excluding hydrogens is 390 g/mol. The summed E-state index contributed by atoms with van der Waals surface area (Å²) in [5, 5.41) is 12.2. The van der Waals surface area contributed by atoms with E-state index in [2.05, 4.69) is 5.32 Å². The Morgan fingerprint density at radius 1 is 0.967 bits per heavy atom. The minimum absolute atomic E-state index is 0.0397. The number of rotatable bonds is 5. The van der Waals surface area contributed by atoms with Crippen LogP contribution in [-0.2, 0) is 17.9 Å². The van der Waals surface area contributed by atoms with E-state index in [1.165, 1.54) is 23.1 Å². The zero-order chi connectivity index (χ0) is 21.3. The number of carbonyl (C=O) groups is 2. The third kappa shape index (κ3) is 3.74. The van der Waals surface area contributed by atoms with Gasteiger partial charge < -0.3 is 15.3 Å². The van der Waals surface area contributed by atoms with Crippen molar-refractivity contribution in [2.45, 2.75) is 19.1 Å². The molecule has 2 N–H and O–H groups in total. The third-order valence-corrected chi connectivity index (χ3v) is 5.05. The second-order valence-electron chi connectivity index (χ2n) is 7.06. The zero-order valence-corrected chi connectivity index (χ0v) is 15.8. The predicted octanol–water partition coefficient (Wildman–Crippen LogP) is 3.68. The lowest BCUT2D eigenvalue weighted by Crippen LogP contribution is -2.38. The van der Waals surface area contributed by atoms with Gasteiger partial charge in [0.05, 0.1) is 0 Å². The molecule has 4 rings (SSSR count). The molecule has 0 fully saturated rings. The van der Waals surface area contributed by atoms with Crippen molar-refractivity contribution in [3.63, 3.8) is 0 Å². The Labute approximate surface area is 171 Å². The summed E-state index contributed by atoms with van der Waals surface area (Å²) in [6, 6.07) is 15.7. The number of hydrogen-bond acceptors (Lipinski definition) is 3. The van der Waals surface area contributed by atoms with E-state index in [1.807, 2.05) is 0 Å². The van der Waals surface area contributed by atoms with Crippen LogP contribution in [0, 0.1) is 11.6 Å². The molecule has 3 aromatic rings. The number of aromatic hydroxyl groups is 1. The van der Waals surface area contributed by atoms with E-state index in [9.17, 15) is 23.5 Å². The molecule has 3 aromatic carbocycles. The number of nitrogens with zero attached hydrogens (tertiary/aromatic N) is 1. The minimum Gasteiger partial charge on any atom is -0.508 e.